The summed E-state index contributed by atoms with van der Waals surface area (Å²) in [6.45, 7) is 6.45. The Balaban J connectivity index is 1.30. The van der Waals surface area contributed by atoms with Crippen molar-refractivity contribution in [1.82, 2.24) is 9.80 Å². The van der Waals surface area contributed by atoms with E-state index in [2.05, 4.69) is 10.2 Å². The average molecular weight is 666 g/mol. The number of ether oxygens (including phenoxy) is 2. The summed E-state index contributed by atoms with van der Waals surface area (Å²) >= 11 is 13.0. The van der Waals surface area contributed by atoms with Gasteiger partial charge in [0.1, 0.15) is 16.7 Å². The Morgan fingerprint density at radius 1 is 1.07 bits per heavy atom. The maximum atomic E-state index is 13.4. The molecule has 2 heterocycles. The van der Waals surface area contributed by atoms with Gasteiger partial charge in [0.05, 0.1) is 23.7 Å². The van der Waals surface area contributed by atoms with Crippen LogP contribution < -0.4 is 10.1 Å². The topological polar surface area (TPSA) is 108 Å². The van der Waals surface area contributed by atoms with E-state index < -0.39 is 5.97 Å². The number of thioether (sulfide) groups is 1. The number of aromatic carboxylic acids is 1. The van der Waals surface area contributed by atoms with Gasteiger partial charge in [-0.1, -0.05) is 47.7 Å². The van der Waals surface area contributed by atoms with Gasteiger partial charge in [-0.3, -0.25) is 19.4 Å². The first kappa shape index (κ1) is 32.6. The lowest BCUT2D eigenvalue weighted by molar-refractivity contribution is -0.122. The van der Waals surface area contributed by atoms with Crippen molar-refractivity contribution in [1.29, 1.82) is 0 Å². The number of hydrogen-bond acceptors (Lipinski definition) is 8. The number of carbonyl (C=O) groups is 3. The first-order valence-corrected chi connectivity index (χ1v) is 16.0. The van der Waals surface area contributed by atoms with Gasteiger partial charge in [-0.25, -0.2) is 4.79 Å². The number of rotatable bonds is 11. The van der Waals surface area contributed by atoms with Crippen molar-refractivity contribution in [2.75, 3.05) is 51.3 Å². The van der Waals surface area contributed by atoms with Crippen molar-refractivity contribution in [3.05, 3.63) is 87.3 Å². The lowest BCUT2D eigenvalue weighted by atomic mass is 10.0. The highest BCUT2D eigenvalue weighted by Crippen LogP contribution is 2.36. The third kappa shape index (κ3) is 8.50. The van der Waals surface area contributed by atoms with Gasteiger partial charge in [0.2, 0.25) is 5.91 Å². The summed E-state index contributed by atoms with van der Waals surface area (Å²) in [5.41, 5.74) is 4.23. The van der Waals surface area contributed by atoms with Gasteiger partial charge in [-0.05, 0) is 78.2 Å². The molecule has 2 N–H and O–H groups in total. The molecule has 0 bridgehead atoms. The SMILES string of the molecule is Cc1cc(-c2ccc(OCCN3CCOCC3)c(/C=C3\SC(=S)N(CCC(=O)Nc4ccc(C(=O)O)cc4)C3=O)c2)ccc1Cl. The van der Waals surface area contributed by atoms with Crippen molar-refractivity contribution in [3.63, 3.8) is 0 Å². The highest BCUT2D eigenvalue weighted by molar-refractivity contribution is 8.26. The summed E-state index contributed by atoms with van der Waals surface area (Å²) in [5.74, 6) is -1.00. The third-order valence-corrected chi connectivity index (χ3v) is 9.21. The summed E-state index contributed by atoms with van der Waals surface area (Å²) in [6, 6.07) is 17.6. The number of benzene rings is 3. The molecule has 2 saturated heterocycles. The van der Waals surface area contributed by atoms with Crippen LogP contribution in [-0.4, -0.2) is 83.0 Å². The molecule has 2 aliphatic heterocycles. The number of carbonyl (C=O) groups excluding carboxylic acids is 2. The Labute approximate surface area is 276 Å². The van der Waals surface area contributed by atoms with Gasteiger partial charge in [0, 0.05) is 48.9 Å². The first-order chi connectivity index (χ1) is 21.7. The molecule has 2 fully saturated rings. The van der Waals surface area contributed by atoms with Crippen LogP contribution in [0.3, 0.4) is 0 Å². The Morgan fingerprint density at radius 2 is 1.78 bits per heavy atom. The Bertz CT molecular complexity index is 1640. The van der Waals surface area contributed by atoms with Crippen molar-refractivity contribution >= 4 is 69.4 Å². The normalized spacial score (nSPS) is 16.3. The molecule has 0 unspecified atom stereocenters. The number of aryl methyl sites for hydroxylation is 1. The van der Waals surface area contributed by atoms with Crippen molar-refractivity contribution in [2.24, 2.45) is 0 Å². The average Bonchev–Trinajstić information content (AvgIpc) is 3.30. The maximum absolute atomic E-state index is 13.4. The monoisotopic (exact) mass is 665 g/mol. The number of hydrogen-bond donors (Lipinski definition) is 2. The largest absolute Gasteiger partial charge is 0.492 e. The van der Waals surface area contributed by atoms with E-state index in [1.807, 2.05) is 43.3 Å². The fourth-order valence-corrected chi connectivity index (χ4v) is 6.29. The summed E-state index contributed by atoms with van der Waals surface area (Å²) < 4.78 is 12.0. The van der Waals surface area contributed by atoms with Crippen LogP contribution in [0.15, 0.2) is 65.6 Å². The zero-order valence-electron chi connectivity index (χ0n) is 24.6. The van der Waals surface area contributed by atoms with E-state index >= 15 is 0 Å². The van der Waals surface area contributed by atoms with Crippen LogP contribution in [0.5, 0.6) is 5.75 Å². The number of thiocarbonyl (C=S) groups is 1. The van der Waals surface area contributed by atoms with Crippen LogP contribution in [0.2, 0.25) is 5.02 Å². The van der Waals surface area contributed by atoms with Crippen LogP contribution in [0.4, 0.5) is 5.69 Å². The Morgan fingerprint density at radius 3 is 2.49 bits per heavy atom. The van der Waals surface area contributed by atoms with E-state index in [1.54, 1.807) is 6.08 Å². The van der Waals surface area contributed by atoms with Crippen molar-refractivity contribution < 1.29 is 29.0 Å². The number of amides is 2. The molecular formula is C33H32ClN3O6S2. The minimum Gasteiger partial charge on any atom is -0.492 e. The van der Waals surface area contributed by atoms with Crippen molar-refractivity contribution in [2.45, 2.75) is 13.3 Å². The fourth-order valence-electron chi connectivity index (χ4n) is 4.87. The Kier molecular flexibility index (Phi) is 10.9. The van der Waals surface area contributed by atoms with Gasteiger partial charge in [-0.15, -0.1) is 0 Å². The van der Waals surface area contributed by atoms with Crippen LogP contribution in [0.25, 0.3) is 17.2 Å². The number of nitrogens with zero attached hydrogens (tertiary/aromatic N) is 2. The number of carboxylic acid groups (broad SMARTS) is 1. The minimum atomic E-state index is -1.05. The molecule has 0 saturated carbocycles. The van der Waals surface area contributed by atoms with E-state index in [0.717, 1.165) is 41.9 Å². The van der Waals surface area contributed by atoms with Crippen LogP contribution in [0.1, 0.15) is 27.9 Å². The molecule has 2 amide bonds. The lowest BCUT2D eigenvalue weighted by Crippen LogP contribution is -2.38. The smallest absolute Gasteiger partial charge is 0.335 e. The summed E-state index contributed by atoms with van der Waals surface area (Å²) in [4.78, 5) is 41.2. The first-order valence-electron chi connectivity index (χ1n) is 14.4. The van der Waals surface area contributed by atoms with Crippen molar-refractivity contribution in [3.8, 4) is 16.9 Å². The number of nitrogens with one attached hydrogen (secondary N) is 1. The number of anilines is 1. The van der Waals surface area contributed by atoms with E-state index in [0.29, 0.717) is 45.5 Å². The van der Waals surface area contributed by atoms with Crippen LogP contribution in [-0.2, 0) is 14.3 Å². The highest BCUT2D eigenvalue weighted by Gasteiger charge is 2.32. The highest BCUT2D eigenvalue weighted by atomic mass is 35.5. The fraction of sp³-hybridized carbons (Fsp3) is 0.273. The molecule has 3 aromatic carbocycles. The predicted octanol–water partition coefficient (Wildman–Crippen LogP) is 5.95. The molecule has 2 aliphatic rings. The van der Waals surface area contributed by atoms with Gasteiger partial charge in [0.25, 0.3) is 5.91 Å². The van der Waals surface area contributed by atoms with E-state index in [-0.39, 0.29) is 30.3 Å². The van der Waals surface area contributed by atoms with Crippen LogP contribution >= 0.6 is 35.6 Å². The summed E-state index contributed by atoms with van der Waals surface area (Å²) in [5, 5.41) is 12.5. The molecule has 0 aromatic heterocycles. The van der Waals surface area contributed by atoms with Gasteiger partial charge in [0.15, 0.2) is 0 Å². The summed E-state index contributed by atoms with van der Waals surface area (Å²) in [6.07, 6.45) is 1.81. The second-order valence-corrected chi connectivity index (χ2v) is 12.6. The van der Waals surface area contributed by atoms with Gasteiger partial charge < -0.3 is 19.9 Å². The molecule has 12 heteroatoms. The molecule has 0 atom stereocenters. The Hall–Kier alpha value is -3.74. The molecule has 0 radical (unpaired) electrons. The number of halogens is 1. The standard InChI is InChI=1S/C33H32ClN3O6S2/c1-21-18-23(4-8-27(21)34)24-5-9-28(43-17-14-36-12-15-42-16-13-36)25(19-24)20-29-31(39)37(33(44)45-29)11-10-30(38)35-26-6-2-22(3-7-26)32(40)41/h2-9,18-20H,10-17H2,1H3,(H,35,38)(H,40,41)/b29-20-. The quantitative estimate of drug-likeness (QED) is 0.190. The summed E-state index contributed by atoms with van der Waals surface area (Å²) in [7, 11) is 0. The molecule has 0 spiro atoms. The predicted molar refractivity (Wildman–Crippen MR) is 181 cm³/mol. The second kappa shape index (κ2) is 15.0. The minimum absolute atomic E-state index is 0.0156. The zero-order chi connectivity index (χ0) is 31.9. The molecular weight excluding hydrogens is 634 g/mol. The van der Waals surface area contributed by atoms with Gasteiger partial charge in [-0.2, -0.15) is 0 Å². The number of carboxylic acids is 1. The van der Waals surface area contributed by atoms with E-state index in [4.69, 9.17) is 38.4 Å². The third-order valence-electron chi connectivity index (χ3n) is 7.41. The van der Waals surface area contributed by atoms with E-state index in [1.165, 1.54) is 40.9 Å². The number of morpholine rings is 1. The zero-order valence-corrected chi connectivity index (χ0v) is 27.0. The molecule has 5 rings (SSSR count). The lowest BCUT2D eigenvalue weighted by Gasteiger charge is -2.26. The molecule has 0 aliphatic carbocycles. The molecule has 234 valence electrons. The molecule has 9 nitrogen and oxygen atoms in total. The van der Waals surface area contributed by atoms with Gasteiger partial charge >= 0.3 is 5.97 Å². The molecule has 3 aromatic rings. The van der Waals surface area contributed by atoms with Crippen LogP contribution in [0, 0.1) is 6.92 Å². The maximum Gasteiger partial charge on any atom is 0.335 e. The van der Waals surface area contributed by atoms with E-state index in [9.17, 15) is 14.4 Å². The molecule has 45 heavy (non-hydrogen) atoms. The second-order valence-electron chi connectivity index (χ2n) is 10.5.